The number of hydrogen-bond donors (Lipinski definition) is 2. The number of hydrogen-bond acceptors (Lipinski definition) is 6. The molecule has 2 rings (SSSR count). The summed E-state index contributed by atoms with van der Waals surface area (Å²) in [5.41, 5.74) is 0.842. The van der Waals surface area contributed by atoms with Crippen LogP contribution >= 0.6 is 0 Å². The number of benzene rings is 1. The van der Waals surface area contributed by atoms with Crippen LogP contribution in [-0.4, -0.2) is 41.9 Å². The Bertz CT molecular complexity index is 672. The number of likely N-dealkylation sites (N-methyl/N-ethyl adjacent to an activating group) is 1. The number of nitrogens with zero attached hydrogens (tertiary/aromatic N) is 2. The zero-order valence-corrected chi connectivity index (χ0v) is 13.7. The Morgan fingerprint density at radius 1 is 1.21 bits per heavy atom. The van der Waals surface area contributed by atoms with Gasteiger partial charge in [-0.3, -0.25) is 10.1 Å². The van der Waals surface area contributed by atoms with Gasteiger partial charge in [0.15, 0.2) is 13.1 Å². The number of carbonyl (C=O) groups is 2. The molecule has 1 atom stereocenters. The van der Waals surface area contributed by atoms with Crippen molar-refractivity contribution in [3.05, 3.63) is 36.2 Å². The average molecular weight is 333 g/mol. The molecule has 1 aromatic carbocycles. The standard InChI is InChI=1S/C16H20N4O4/c1-3-20(10-13(21)17-16(22)23-4-2)11-14-18-19-15(24-14)12-8-6-5-7-9-12/h5-9H,3-4,10-11H2,1-2H3,(H,17,21,22)/p+1. The number of carbonyl (C=O) groups excluding carboxylic acids is 2. The molecule has 2 N–H and O–H groups in total. The van der Waals surface area contributed by atoms with Gasteiger partial charge in [-0.15, -0.1) is 10.2 Å². The highest BCUT2D eigenvalue weighted by atomic mass is 16.5. The molecule has 0 spiro atoms. The van der Waals surface area contributed by atoms with Crippen molar-refractivity contribution in [2.45, 2.75) is 20.4 Å². The number of rotatable bonds is 7. The molecule has 8 heteroatoms. The van der Waals surface area contributed by atoms with E-state index >= 15 is 0 Å². The Labute approximate surface area is 139 Å². The first kappa shape index (κ1) is 17.6. The lowest BCUT2D eigenvalue weighted by Crippen LogP contribution is -3.11. The minimum Gasteiger partial charge on any atom is -0.450 e. The minimum absolute atomic E-state index is 0.109. The molecule has 2 amide bonds. The third-order valence-corrected chi connectivity index (χ3v) is 3.32. The molecule has 0 bridgehead atoms. The minimum atomic E-state index is -0.734. The van der Waals surface area contributed by atoms with Crippen LogP contribution in [0, 0.1) is 0 Å². The second kappa shape index (κ2) is 8.78. The van der Waals surface area contributed by atoms with E-state index in [0.717, 1.165) is 10.5 Å². The summed E-state index contributed by atoms with van der Waals surface area (Å²) in [5, 5.41) is 10.2. The van der Waals surface area contributed by atoms with E-state index in [-0.39, 0.29) is 13.2 Å². The number of aromatic nitrogens is 2. The van der Waals surface area contributed by atoms with E-state index in [9.17, 15) is 9.59 Å². The Balaban J connectivity index is 1.92. The van der Waals surface area contributed by atoms with E-state index in [1.807, 2.05) is 37.3 Å². The van der Waals surface area contributed by atoms with Crippen LogP contribution in [0.5, 0.6) is 0 Å². The molecule has 0 saturated heterocycles. The largest absolute Gasteiger partial charge is 0.450 e. The van der Waals surface area contributed by atoms with Gasteiger partial charge >= 0.3 is 6.09 Å². The van der Waals surface area contributed by atoms with Gasteiger partial charge in [-0.25, -0.2) is 4.79 Å². The van der Waals surface area contributed by atoms with Crippen LogP contribution in [0.25, 0.3) is 11.5 Å². The van der Waals surface area contributed by atoms with Crippen LogP contribution in [-0.2, 0) is 16.1 Å². The first-order chi connectivity index (χ1) is 11.6. The van der Waals surface area contributed by atoms with Gasteiger partial charge in [0.05, 0.1) is 13.2 Å². The second-order valence-corrected chi connectivity index (χ2v) is 5.09. The Morgan fingerprint density at radius 2 is 1.96 bits per heavy atom. The molecule has 0 aliphatic heterocycles. The van der Waals surface area contributed by atoms with E-state index in [4.69, 9.17) is 4.42 Å². The van der Waals surface area contributed by atoms with Crippen molar-refractivity contribution < 1.29 is 23.6 Å². The summed E-state index contributed by atoms with van der Waals surface area (Å²) in [6, 6.07) is 9.46. The summed E-state index contributed by atoms with van der Waals surface area (Å²) < 4.78 is 10.3. The van der Waals surface area contributed by atoms with Gasteiger partial charge in [-0.2, -0.15) is 0 Å². The van der Waals surface area contributed by atoms with E-state index in [2.05, 4.69) is 20.3 Å². The van der Waals surface area contributed by atoms with E-state index in [1.165, 1.54) is 0 Å². The van der Waals surface area contributed by atoms with Gasteiger partial charge in [0, 0.05) is 5.56 Å². The number of amides is 2. The van der Waals surface area contributed by atoms with Crippen molar-refractivity contribution in [2.75, 3.05) is 19.7 Å². The van der Waals surface area contributed by atoms with Crippen LogP contribution in [0.15, 0.2) is 34.7 Å². The van der Waals surface area contributed by atoms with Gasteiger partial charge in [0.1, 0.15) is 0 Å². The highest BCUT2D eigenvalue weighted by Gasteiger charge is 2.19. The zero-order chi connectivity index (χ0) is 17.4. The second-order valence-electron chi connectivity index (χ2n) is 5.09. The third kappa shape index (κ3) is 5.17. The monoisotopic (exact) mass is 333 g/mol. The van der Waals surface area contributed by atoms with Gasteiger partial charge < -0.3 is 14.1 Å². The molecule has 2 aromatic rings. The predicted octanol–water partition coefficient (Wildman–Crippen LogP) is 0.414. The zero-order valence-electron chi connectivity index (χ0n) is 13.7. The van der Waals surface area contributed by atoms with E-state index in [0.29, 0.717) is 24.9 Å². The van der Waals surface area contributed by atoms with Crippen LogP contribution < -0.4 is 10.2 Å². The molecule has 0 aliphatic rings. The predicted molar refractivity (Wildman–Crippen MR) is 85.0 cm³/mol. The van der Waals surface area contributed by atoms with Crippen LogP contribution in [0.3, 0.4) is 0 Å². The first-order valence-electron chi connectivity index (χ1n) is 7.80. The summed E-state index contributed by atoms with van der Waals surface area (Å²) in [6.07, 6.45) is -0.734. The molecule has 0 fully saturated rings. The maximum absolute atomic E-state index is 11.8. The summed E-state index contributed by atoms with van der Waals surface area (Å²) in [7, 11) is 0. The lowest BCUT2D eigenvalue weighted by atomic mass is 10.2. The normalized spacial score (nSPS) is 11.8. The smallest absolute Gasteiger partial charge is 0.414 e. The molecular formula is C16H21N4O4+. The molecule has 1 aromatic heterocycles. The van der Waals surface area contributed by atoms with E-state index < -0.39 is 12.0 Å². The summed E-state index contributed by atoms with van der Waals surface area (Å²) in [6.45, 7) is 4.99. The van der Waals surface area contributed by atoms with Crippen LogP contribution in [0.1, 0.15) is 19.7 Å². The fraction of sp³-hybridized carbons (Fsp3) is 0.375. The lowest BCUT2D eigenvalue weighted by molar-refractivity contribution is -0.905. The number of nitrogens with one attached hydrogen (secondary N) is 2. The molecule has 1 heterocycles. The van der Waals surface area contributed by atoms with Crippen molar-refractivity contribution in [2.24, 2.45) is 0 Å². The van der Waals surface area contributed by atoms with Gasteiger partial charge in [0.25, 0.3) is 11.8 Å². The fourth-order valence-corrected chi connectivity index (χ4v) is 2.10. The molecular weight excluding hydrogens is 312 g/mol. The number of alkyl carbamates (subject to hydrolysis) is 1. The first-order valence-corrected chi connectivity index (χ1v) is 7.80. The molecule has 128 valence electrons. The molecule has 0 aliphatic carbocycles. The SMILES string of the molecule is CCOC(=O)NC(=O)C[NH+](CC)Cc1nnc(-c2ccccc2)o1. The fourth-order valence-electron chi connectivity index (χ4n) is 2.10. The van der Waals surface area contributed by atoms with Gasteiger partial charge in [-0.05, 0) is 26.0 Å². The molecule has 1 unspecified atom stereocenters. The number of ether oxygens (including phenoxy) is 1. The molecule has 8 nitrogen and oxygen atoms in total. The number of imide groups is 1. The molecule has 0 saturated carbocycles. The van der Waals surface area contributed by atoms with Gasteiger partial charge in [0.2, 0.25) is 5.89 Å². The Morgan fingerprint density at radius 3 is 2.62 bits per heavy atom. The van der Waals surface area contributed by atoms with Crippen LogP contribution in [0.2, 0.25) is 0 Å². The Hall–Kier alpha value is -2.74. The topological polar surface area (TPSA) is 98.8 Å². The average Bonchev–Trinajstić information content (AvgIpc) is 3.03. The van der Waals surface area contributed by atoms with Crippen molar-refractivity contribution in [3.63, 3.8) is 0 Å². The molecule has 0 radical (unpaired) electrons. The summed E-state index contributed by atoms with van der Waals surface area (Å²) in [5.74, 6) is 0.472. The maximum Gasteiger partial charge on any atom is 0.414 e. The third-order valence-electron chi connectivity index (χ3n) is 3.32. The highest BCUT2D eigenvalue weighted by Crippen LogP contribution is 2.16. The molecule has 24 heavy (non-hydrogen) atoms. The van der Waals surface area contributed by atoms with Crippen molar-refractivity contribution in [1.29, 1.82) is 0 Å². The van der Waals surface area contributed by atoms with Crippen molar-refractivity contribution in [1.82, 2.24) is 15.5 Å². The van der Waals surface area contributed by atoms with E-state index in [1.54, 1.807) is 6.92 Å². The maximum atomic E-state index is 11.8. The summed E-state index contributed by atoms with van der Waals surface area (Å²) >= 11 is 0. The lowest BCUT2D eigenvalue weighted by Gasteiger charge is -2.14. The van der Waals surface area contributed by atoms with Gasteiger partial charge in [-0.1, -0.05) is 18.2 Å². The Kier molecular flexibility index (Phi) is 6.44. The van der Waals surface area contributed by atoms with Crippen molar-refractivity contribution in [3.8, 4) is 11.5 Å². The van der Waals surface area contributed by atoms with Crippen molar-refractivity contribution >= 4 is 12.0 Å². The summed E-state index contributed by atoms with van der Waals surface area (Å²) in [4.78, 5) is 23.9. The number of quaternary nitrogens is 1. The van der Waals surface area contributed by atoms with Crippen LogP contribution in [0.4, 0.5) is 4.79 Å². The highest BCUT2D eigenvalue weighted by molar-refractivity contribution is 5.92. The quantitative estimate of drug-likeness (QED) is 0.762.